The third kappa shape index (κ3) is 5.66. The summed E-state index contributed by atoms with van der Waals surface area (Å²) in [7, 11) is 1.66. The molecule has 2 atom stereocenters. The summed E-state index contributed by atoms with van der Waals surface area (Å²) in [5.74, 6) is 1.06. The molecule has 0 aliphatic rings. The molecule has 0 saturated carbocycles. The van der Waals surface area contributed by atoms with Crippen LogP contribution in [0.5, 0.6) is 0 Å². The number of methoxy groups -OCH3 is 1. The molecular weight excluding hydrogens is 290 g/mol. The summed E-state index contributed by atoms with van der Waals surface area (Å²) < 4.78 is 20.4. The van der Waals surface area contributed by atoms with E-state index in [-0.39, 0.29) is 10.8 Å². The van der Waals surface area contributed by atoms with E-state index in [0.29, 0.717) is 6.61 Å². The lowest BCUT2D eigenvalue weighted by atomic mass is 10.1. The first-order chi connectivity index (χ1) is 9.38. The third-order valence-corrected chi connectivity index (χ3v) is 5.24. The van der Waals surface area contributed by atoms with E-state index < -0.39 is 11.4 Å². The van der Waals surface area contributed by atoms with Crippen molar-refractivity contribution < 1.29 is 9.29 Å². The lowest BCUT2D eigenvalue weighted by Crippen LogP contribution is -2.42. The molecule has 3 nitrogen and oxygen atoms in total. The smallest absolute Gasteiger partial charge is 0.136 e. The summed E-state index contributed by atoms with van der Waals surface area (Å²) in [4.78, 5) is 1.25. The van der Waals surface area contributed by atoms with E-state index in [9.17, 15) is 4.55 Å². The van der Waals surface area contributed by atoms with Crippen molar-refractivity contribution >= 4 is 23.1 Å². The molecule has 0 saturated heterocycles. The molecule has 114 valence electrons. The van der Waals surface area contributed by atoms with Crippen molar-refractivity contribution in [2.24, 2.45) is 0 Å². The number of thioether (sulfide) groups is 1. The second kappa shape index (κ2) is 8.29. The van der Waals surface area contributed by atoms with Gasteiger partial charge < -0.3 is 9.29 Å². The normalized spacial score (nSPS) is 15.1. The SMILES string of the molecule is CCSc1ccc(C(COC)N[S@+]([O-])C(C)(C)C)cc1. The summed E-state index contributed by atoms with van der Waals surface area (Å²) in [6.07, 6.45) is 0. The highest BCUT2D eigenvalue weighted by atomic mass is 32.2. The van der Waals surface area contributed by atoms with Crippen LogP contribution in [0.3, 0.4) is 0 Å². The lowest BCUT2D eigenvalue weighted by molar-refractivity contribution is 0.175. The van der Waals surface area contributed by atoms with Gasteiger partial charge in [0.2, 0.25) is 0 Å². The fourth-order valence-corrected chi connectivity index (χ4v) is 3.11. The first kappa shape index (κ1) is 17.9. The van der Waals surface area contributed by atoms with Crippen LogP contribution >= 0.6 is 11.8 Å². The lowest BCUT2D eigenvalue weighted by Gasteiger charge is -2.28. The average molecular weight is 316 g/mol. The first-order valence-corrected chi connectivity index (χ1v) is 8.91. The largest absolute Gasteiger partial charge is 0.598 e. The molecule has 20 heavy (non-hydrogen) atoms. The van der Waals surface area contributed by atoms with Gasteiger partial charge in [0.05, 0.1) is 6.61 Å². The monoisotopic (exact) mass is 315 g/mol. The second-order valence-corrected chi connectivity index (χ2v) is 8.84. The van der Waals surface area contributed by atoms with Gasteiger partial charge in [-0.1, -0.05) is 19.1 Å². The molecule has 0 spiro atoms. The van der Waals surface area contributed by atoms with Crippen molar-refractivity contribution in [2.45, 2.75) is 43.4 Å². The summed E-state index contributed by atoms with van der Waals surface area (Å²) in [5.41, 5.74) is 1.10. The predicted octanol–water partition coefficient (Wildman–Crippen LogP) is 3.54. The average Bonchev–Trinajstić information content (AvgIpc) is 2.38. The van der Waals surface area contributed by atoms with E-state index in [1.807, 2.05) is 32.5 Å². The van der Waals surface area contributed by atoms with Crippen molar-refractivity contribution in [1.29, 1.82) is 0 Å². The van der Waals surface area contributed by atoms with Crippen LogP contribution in [0.2, 0.25) is 0 Å². The van der Waals surface area contributed by atoms with Crippen LogP contribution in [0.4, 0.5) is 0 Å². The number of hydrogen-bond donors (Lipinski definition) is 1. The van der Waals surface area contributed by atoms with E-state index in [4.69, 9.17) is 4.74 Å². The van der Waals surface area contributed by atoms with Crippen molar-refractivity contribution in [3.8, 4) is 0 Å². The zero-order chi connectivity index (χ0) is 15.2. The van der Waals surface area contributed by atoms with E-state index >= 15 is 0 Å². The maximum absolute atomic E-state index is 12.2. The highest BCUT2D eigenvalue weighted by Crippen LogP contribution is 2.23. The molecule has 0 amide bonds. The molecular formula is C15H25NO2S2. The van der Waals surface area contributed by atoms with E-state index in [2.05, 4.69) is 35.9 Å². The number of rotatable bonds is 7. The van der Waals surface area contributed by atoms with E-state index in [0.717, 1.165) is 11.3 Å². The molecule has 0 radical (unpaired) electrons. The number of hydrogen-bond acceptors (Lipinski definition) is 4. The molecule has 0 aliphatic carbocycles. The molecule has 0 heterocycles. The van der Waals surface area contributed by atoms with Gasteiger partial charge in [0, 0.05) is 23.4 Å². The predicted molar refractivity (Wildman–Crippen MR) is 88.5 cm³/mol. The number of ether oxygens (including phenoxy) is 1. The first-order valence-electron chi connectivity index (χ1n) is 6.78. The van der Waals surface area contributed by atoms with E-state index in [1.165, 1.54) is 4.90 Å². The molecule has 1 aromatic carbocycles. The van der Waals surface area contributed by atoms with Crippen molar-refractivity contribution in [2.75, 3.05) is 19.5 Å². The van der Waals surface area contributed by atoms with Crippen molar-refractivity contribution in [3.05, 3.63) is 29.8 Å². The van der Waals surface area contributed by atoms with Crippen LogP contribution in [0.25, 0.3) is 0 Å². The maximum atomic E-state index is 12.2. The van der Waals surface area contributed by atoms with Crippen LogP contribution in [0.15, 0.2) is 29.2 Å². The zero-order valence-corrected chi connectivity index (χ0v) is 14.6. The van der Waals surface area contributed by atoms with Gasteiger partial charge in [-0.3, -0.25) is 0 Å². The molecule has 0 bridgehead atoms. The molecule has 1 aromatic rings. The molecule has 1 unspecified atom stereocenters. The Morgan fingerprint density at radius 2 is 1.90 bits per heavy atom. The quantitative estimate of drug-likeness (QED) is 0.617. The van der Waals surface area contributed by atoms with E-state index in [1.54, 1.807) is 7.11 Å². The summed E-state index contributed by atoms with van der Waals surface area (Å²) in [5, 5.41) is 0. The van der Waals surface area contributed by atoms with Crippen LogP contribution in [0, 0.1) is 0 Å². The number of benzene rings is 1. The number of nitrogens with one attached hydrogen (secondary N) is 1. The van der Waals surface area contributed by atoms with Gasteiger partial charge >= 0.3 is 0 Å². The Morgan fingerprint density at radius 1 is 1.30 bits per heavy atom. The Hall–Kier alpha value is -0.200. The molecule has 1 N–H and O–H groups in total. The van der Waals surface area contributed by atoms with Gasteiger partial charge in [-0.25, -0.2) is 0 Å². The zero-order valence-electron chi connectivity index (χ0n) is 12.9. The minimum absolute atomic E-state index is 0.0549. The van der Waals surface area contributed by atoms with Crippen LogP contribution in [0.1, 0.15) is 39.3 Å². The van der Waals surface area contributed by atoms with Crippen LogP contribution < -0.4 is 4.72 Å². The minimum atomic E-state index is -1.11. The molecule has 0 aromatic heterocycles. The highest BCUT2D eigenvalue weighted by Gasteiger charge is 2.29. The molecule has 0 fully saturated rings. The summed E-state index contributed by atoms with van der Waals surface area (Å²) in [6, 6.07) is 8.31. The Balaban J connectivity index is 2.79. The molecule has 0 aliphatic heterocycles. The van der Waals surface area contributed by atoms with Gasteiger partial charge in [-0.15, -0.1) is 16.5 Å². The summed E-state index contributed by atoms with van der Waals surface area (Å²) >= 11 is 0.702. The Kier molecular flexibility index (Phi) is 7.40. The minimum Gasteiger partial charge on any atom is -0.598 e. The Labute approximate surface area is 130 Å². The fraction of sp³-hybridized carbons (Fsp3) is 0.600. The topological polar surface area (TPSA) is 44.3 Å². The second-order valence-electron chi connectivity index (χ2n) is 5.51. The van der Waals surface area contributed by atoms with Crippen molar-refractivity contribution in [3.63, 3.8) is 0 Å². The van der Waals surface area contributed by atoms with Crippen LogP contribution in [-0.2, 0) is 16.1 Å². The highest BCUT2D eigenvalue weighted by molar-refractivity contribution is 7.99. The Bertz CT molecular complexity index is 390. The molecule has 5 heteroatoms. The third-order valence-electron chi connectivity index (χ3n) is 2.73. The van der Waals surface area contributed by atoms with Crippen molar-refractivity contribution in [1.82, 2.24) is 4.72 Å². The molecule has 1 rings (SSSR count). The Morgan fingerprint density at radius 3 is 2.35 bits per heavy atom. The fourth-order valence-electron chi connectivity index (χ4n) is 1.63. The van der Waals surface area contributed by atoms with Crippen LogP contribution in [-0.4, -0.2) is 28.8 Å². The van der Waals surface area contributed by atoms with Gasteiger partial charge in [-0.05, 0) is 44.2 Å². The standard InChI is InChI=1S/C15H25NO2S2/c1-6-19-13-9-7-12(8-10-13)14(11-18-5)16-20(17)15(2,3)4/h7-10,14,16H,6,11H2,1-5H3/t14?,20-/m1/s1. The van der Waals surface area contributed by atoms with Gasteiger partial charge in [0.15, 0.2) is 0 Å². The van der Waals surface area contributed by atoms with Gasteiger partial charge in [0.1, 0.15) is 10.8 Å². The maximum Gasteiger partial charge on any atom is 0.136 e. The summed E-state index contributed by atoms with van der Waals surface area (Å²) in [6.45, 7) is 8.52. The van der Waals surface area contributed by atoms with Gasteiger partial charge in [0.25, 0.3) is 0 Å². The van der Waals surface area contributed by atoms with Gasteiger partial charge in [-0.2, -0.15) is 0 Å².